The molecule has 4 aliphatic rings. The first-order valence-electron chi connectivity index (χ1n) is 15.3. The van der Waals surface area contributed by atoms with Gasteiger partial charge in [-0.15, -0.1) is 0 Å². The van der Waals surface area contributed by atoms with E-state index >= 15 is 0 Å². The summed E-state index contributed by atoms with van der Waals surface area (Å²) in [5.74, 6) is 5.64. The smallest absolute Gasteiger partial charge is 0.430 e. The van der Waals surface area contributed by atoms with Crippen molar-refractivity contribution in [1.82, 2.24) is 0 Å². The molecule has 0 bridgehead atoms. The highest BCUT2D eigenvalue weighted by Gasteiger charge is 2.59. The maximum Gasteiger partial charge on any atom is 0.514 e. The van der Waals surface area contributed by atoms with Crippen molar-refractivity contribution < 1.29 is 14.3 Å². The maximum absolute atomic E-state index is 12.4. The van der Waals surface area contributed by atoms with Crippen LogP contribution in [0.25, 0.3) is 0 Å². The molecule has 8 atom stereocenters. The Morgan fingerprint density at radius 1 is 0.973 bits per heavy atom. The minimum Gasteiger partial charge on any atom is -0.430 e. The van der Waals surface area contributed by atoms with Gasteiger partial charge in [0, 0.05) is 6.42 Å². The molecule has 204 valence electrons. The molecule has 0 N–H and O–H groups in total. The Morgan fingerprint density at radius 3 is 2.51 bits per heavy atom. The summed E-state index contributed by atoms with van der Waals surface area (Å²) < 4.78 is 11.2. The Hall–Kier alpha value is -1.77. The molecule has 3 nitrogen and oxygen atoms in total. The van der Waals surface area contributed by atoms with E-state index in [1.807, 2.05) is 18.2 Å². The predicted octanol–water partition coefficient (Wildman–Crippen LogP) is 9.61. The fourth-order valence-corrected chi connectivity index (χ4v) is 9.50. The largest absolute Gasteiger partial charge is 0.514 e. The van der Waals surface area contributed by atoms with E-state index in [0.29, 0.717) is 11.2 Å². The molecule has 0 unspecified atom stereocenters. The first-order chi connectivity index (χ1) is 17.7. The summed E-state index contributed by atoms with van der Waals surface area (Å²) in [5, 5.41) is 0. The molecule has 3 saturated carbocycles. The van der Waals surface area contributed by atoms with Gasteiger partial charge < -0.3 is 9.47 Å². The number of para-hydroxylation sites is 1. The monoisotopic (exact) mass is 506 g/mol. The number of fused-ring (bicyclic) bond motifs is 5. The van der Waals surface area contributed by atoms with Gasteiger partial charge in [0.15, 0.2) is 0 Å². The first kappa shape index (κ1) is 26.8. The quantitative estimate of drug-likeness (QED) is 0.210. The molecular formula is C34H50O3. The van der Waals surface area contributed by atoms with Gasteiger partial charge in [-0.3, -0.25) is 0 Å². The molecular weight excluding hydrogens is 456 g/mol. The highest BCUT2D eigenvalue weighted by atomic mass is 16.7. The van der Waals surface area contributed by atoms with Crippen LogP contribution >= 0.6 is 0 Å². The van der Waals surface area contributed by atoms with Crippen molar-refractivity contribution in [2.45, 2.75) is 111 Å². The number of carbonyl (C=O) groups is 1. The molecule has 0 aliphatic heterocycles. The van der Waals surface area contributed by atoms with Gasteiger partial charge in [0.05, 0.1) is 0 Å². The van der Waals surface area contributed by atoms with E-state index in [4.69, 9.17) is 9.47 Å². The number of allylic oxidation sites excluding steroid dienone is 1. The van der Waals surface area contributed by atoms with Crippen molar-refractivity contribution in [3.8, 4) is 5.75 Å². The van der Waals surface area contributed by atoms with Gasteiger partial charge in [0.1, 0.15) is 11.9 Å². The van der Waals surface area contributed by atoms with Crippen molar-refractivity contribution in [1.29, 1.82) is 0 Å². The minimum atomic E-state index is -0.568. The van der Waals surface area contributed by atoms with Crippen LogP contribution in [0.15, 0.2) is 42.0 Å². The van der Waals surface area contributed by atoms with E-state index in [9.17, 15) is 4.79 Å². The summed E-state index contributed by atoms with van der Waals surface area (Å²) in [6.07, 6.45) is 16.0. The summed E-state index contributed by atoms with van der Waals surface area (Å²) in [6.45, 7) is 12.5. The van der Waals surface area contributed by atoms with Crippen LogP contribution in [0, 0.1) is 46.3 Å². The third-order valence-electron chi connectivity index (χ3n) is 11.5. The first-order valence-corrected chi connectivity index (χ1v) is 15.3. The zero-order valence-electron chi connectivity index (χ0n) is 24.0. The van der Waals surface area contributed by atoms with E-state index in [0.717, 1.165) is 54.8 Å². The summed E-state index contributed by atoms with van der Waals surface area (Å²) >= 11 is 0. The molecule has 3 fully saturated rings. The fourth-order valence-electron chi connectivity index (χ4n) is 9.50. The Labute approximate surface area is 225 Å². The van der Waals surface area contributed by atoms with Crippen molar-refractivity contribution >= 4 is 6.16 Å². The van der Waals surface area contributed by atoms with E-state index in [1.54, 1.807) is 17.7 Å². The van der Waals surface area contributed by atoms with Crippen LogP contribution in [0.4, 0.5) is 4.79 Å². The molecule has 0 heterocycles. The van der Waals surface area contributed by atoms with Crippen LogP contribution in [0.5, 0.6) is 5.75 Å². The maximum atomic E-state index is 12.4. The molecule has 0 amide bonds. The zero-order valence-corrected chi connectivity index (χ0v) is 24.0. The summed E-state index contributed by atoms with van der Waals surface area (Å²) in [4.78, 5) is 12.4. The average molecular weight is 507 g/mol. The molecule has 1 aromatic rings. The fraction of sp³-hybridized carbons (Fsp3) is 0.735. The summed E-state index contributed by atoms with van der Waals surface area (Å²) in [7, 11) is 0. The lowest BCUT2D eigenvalue weighted by Gasteiger charge is -2.58. The van der Waals surface area contributed by atoms with Gasteiger partial charge in [0.2, 0.25) is 0 Å². The second-order valence-corrected chi connectivity index (χ2v) is 13.9. The second kappa shape index (κ2) is 10.8. The standard InChI is InChI=1S/C34H50O3/c1-23(2)10-9-11-24(3)29-16-17-30-28-15-14-25-22-27(37-32(35)36-26-12-7-6-8-13-26)18-20-33(25,4)31(28)19-21-34(29,30)5/h6-8,12-14,23-24,27-31H,9-11,15-22H2,1-5H3/t24-,27-,28+,29-,30-,31+,33-,34+/m0/s1. The molecule has 37 heavy (non-hydrogen) atoms. The van der Waals surface area contributed by atoms with Crippen molar-refractivity contribution in [3.63, 3.8) is 0 Å². The van der Waals surface area contributed by atoms with Gasteiger partial charge in [0.25, 0.3) is 0 Å². The van der Waals surface area contributed by atoms with E-state index < -0.39 is 6.16 Å². The van der Waals surface area contributed by atoms with Crippen LogP contribution in [0.3, 0.4) is 0 Å². The van der Waals surface area contributed by atoms with Gasteiger partial charge in [-0.05, 0) is 103 Å². The molecule has 0 saturated heterocycles. The van der Waals surface area contributed by atoms with E-state index in [2.05, 4.69) is 40.7 Å². The Balaban J connectivity index is 1.22. The number of ether oxygens (including phenoxy) is 2. The molecule has 1 aromatic carbocycles. The molecule has 0 spiro atoms. The van der Waals surface area contributed by atoms with Gasteiger partial charge in [-0.1, -0.05) is 83.7 Å². The third kappa shape index (κ3) is 5.26. The van der Waals surface area contributed by atoms with Crippen LogP contribution in [-0.2, 0) is 4.74 Å². The molecule has 0 aromatic heterocycles. The molecule has 3 heteroatoms. The average Bonchev–Trinajstić information content (AvgIpc) is 3.22. The van der Waals surface area contributed by atoms with Crippen LogP contribution in [-0.4, -0.2) is 12.3 Å². The minimum absolute atomic E-state index is 0.0662. The normalized spacial score (nSPS) is 37.7. The number of benzene rings is 1. The van der Waals surface area contributed by atoms with Gasteiger partial charge in [-0.2, -0.15) is 0 Å². The second-order valence-electron chi connectivity index (χ2n) is 13.9. The molecule has 5 rings (SSSR count). The zero-order chi connectivity index (χ0) is 26.2. The van der Waals surface area contributed by atoms with Crippen LogP contribution in [0.2, 0.25) is 0 Å². The lowest BCUT2D eigenvalue weighted by molar-refractivity contribution is -0.0597. The topological polar surface area (TPSA) is 35.5 Å². The van der Waals surface area contributed by atoms with E-state index in [-0.39, 0.29) is 11.5 Å². The summed E-state index contributed by atoms with van der Waals surface area (Å²) in [6, 6.07) is 9.23. The van der Waals surface area contributed by atoms with Crippen molar-refractivity contribution in [3.05, 3.63) is 42.0 Å². The number of hydrogen-bond donors (Lipinski definition) is 0. The van der Waals surface area contributed by atoms with Crippen LogP contribution in [0.1, 0.15) is 105 Å². The van der Waals surface area contributed by atoms with Crippen molar-refractivity contribution in [2.24, 2.45) is 46.3 Å². The van der Waals surface area contributed by atoms with E-state index in [1.165, 1.54) is 51.4 Å². The SMILES string of the molecule is CC(C)CCC[C@H](C)[C@@H]1CC[C@H]2[C@H]3CC=C4C[C@@H](OC(=O)Oc5ccccc5)CC[C@]4(C)[C@@H]3CC[C@@]21C. The summed E-state index contributed by atoms with van der Waals surface area (Å²) in [5.41, 5.74) is 2.36. The highest BCUT2D eigenvalue weighted by molar-refractivity contribution is 5.64. The lowest BCUT2D eigenvalue weighted by atomic mass is 9.47. The lowest BCUT2D eigenvalue weighted by Crippen LogP contribution is -2.51. The Bertz CT molecular complexity index is 967. The Morgan fingerprint density at radius 2 is 1.76 bits per heavy atom. The van der Waals surface area contributed by atoms with Crippen LogP contribution < -0.4 is 4.74 Å². The van der Waals surface area contributed by atoms with Crippen molar-refractivity contribution in [2.75, 3.05) is 0 Å². The Kier molecular flexibility index (Phi) is 7.81. The number of hydrogen-bond acceptors (Lipinski definition) is 3. The number of rotatable bonds is 7. The predicted molar refractivity (Wildman–Crippen MR) is 150 cm³/mol. The highest BCUT2D eigenvalue weighted by Crippen LogP contribution is 2.67. The van der Waals surface area contributed by atoms with Gasteiger partial charge >= 0.3 is 6.16 Å². The molecule has 4 aliphatic carbocycles. The molecule has 0 radical (unpaired) electrons. The number of carbonyl (C=O) groups excluding carboxylic acids is 1. The third-order valence-corrected chi connectivity index (χ3v) is 11.5. The van der Waals surface area contributed by atoms with Gasteiger partial charge in [-0.25, -0.2) is 4.79 Å².